The molecule has 0 spiro atoms. The lowest BCUT2D eigenvalue weighted by molar-refractivity contribution is 1.06. The molecular weight excluding hydrogens is 257 g/mol. The summed E-state index contributed by atoms with van der Waals surface area (Å²) >= 11 is 11.9. The molecule has 2 aromatic rings. The van der Waals surface area contributed by atoms with Gasteiger partial charge in [0.2, 0.25) is 0 Å². The largest absolute Gasteiger partial charge is 0.387 e. The van der Waals surface area contributed by atoms with E-state index in [1.807, 2.05) is 32.2 Å². The van der Waals surface area contributed by atoms with E-state index in [9.17, 15) is 0 Å². The van der Waals surface area contributed by atoms with Crippen molar-refractivity contribution >= 4 is 28.9 Å². The van der Waals surface area contributed by atoms with Gasteiger partial charge >= 0.3 is 0 Å². The predicted octanol–water partition coefficient (Wildman–Crippen LogP) is 3.80. The first-order chi connectivity index (χ1) is 8.10. The first-order valence-electron chi connectivity index (χ1n) is 5.09. The highest BCUT2D eigenvalue weighted by Gasteiger charge is 2.06. The van der Waals surface area contributed by atoms with E-state index in [2.05, 4.69) is 15.3 Å². The minimum absolute atomic E-state index is 0.438. The lowest BCUT2D eigenvalue weighted by atomic mass is 10.1. The smallest absolute Gasteiger partial charge is 0.133 e. The van der Waals surface area contributed by atoms with E-state index in [-0.39, 0.29) is 0 Å². The maximum atomic E-state index is 6.03. The molecular formula is C12H11Cl2N3. The molecule has 0 fully saturated rings. The average Bonchev–Trinajstić information content (AvgIpc) is 2.28. The molecule has 1 heterocycles. The normalized spacial score (nSPS) is 10.4. The van der Waals surface area contributed by atoms with E-state index >= 15 is 0 Å². The van der Waals surface area contributed by atoms with E-state index < -0.39 is 0 Å². The molecule has 2 rings (SSSR count). The molecule has 1 aromatic carbocycles. The van der Waals surface area contributed by atoms with Crippen LogP contribution in [0.25, 0.3) is 11.3 Å². The van der Waals surface area contributed by atoms with Gasteiger partial charge < -0.3 is 5.32 Å². The van der Waals surface area contributed by atoms with Gasteiger partial charge in [0.15, 0.2) is 0 Å². The van der Waals surface area contributed by atoms with Crippen LogP contribution in [0.1, 0.15) is 5.82 Å². The molecule has 1 N–H and O–H groups in total. The van der Waals surface area contributed by atoms with Gasteiger partial charge in [-0.3, -0.25) is 0 Å². The Bertz CT molecular complexity index is 535. The molecule has 0 aliphatic heterocycles. The highest BCUT2D eigenvalue weighted by Crippen LogP contribution is 2.28. The molecule has 0 aliphatic carbocycles. The van der Waals surface area contributed by atoms with Crippen molar-refractivity contribution in [3.05, 3.63) is 40.3 Å². The van der Waals surface area contributed by atoms with Crippen LogP contribution in [0.4, 0.5) is 5.69 Å². The number of benzene rings is 1. The van der Waals surface area contributed by atoms with Crippen molar-refractivity contribution in [2.45, 2.75) is 6.92 Å². The van der Waals surface area contributed by atoms with Crippen LogP contribution in [-0.2, 0) is 0 Å². The fourth-order valence-electron chi connectivity index (χ4n) is 1.56. The van der Waals surface area contributed by atoms with E-state index in [4.69, 9.17) is 23.2 Å². The van der Waals surface area contributed by atoms with Crippen LogP contribution in [0.3, 0.4) is 0 Å². The maximum Gasteiger partial charge on any atom is 0.133 e. The second-order valence-electron chi connectivity index (χ2n) is 3.57. The first kappa shape index (κ1) is 12.1. The van der Waals surface area contributed by atoms with Gasteiger partial charge in [-0.1, -0.05) is 29.3 Å². The van der Waals surface area contributed by atoms with Crippen molar-refractivity contribution in [2.24, 2.45) is 0 Å². The predicted molar refractivity (Wildman–Crippen MR) is 71.8 cm³/mol. The number of nitrogens with one attached hydrogen (secondary N) is 1. The SMILES string of the molecule is CNc1cc(-c2cc(Cl)nc(C)n2)ccc1Cl. The summed E-state index contributed by atoms with van der Waals surface area (Å²) in [4.78, 5) is 8.38. The van der Waals surface area contributed by atoms with Gasteiger partial charge in [-0.15, -0.1) is 0 Å². The zero-order valence-electron chi connectivity index (χ0n) is 9.46. The van der Waals surface area contributed by atoms with Crippen molar-refractivity contribution in [3.63, 3.8) is 0 Å². The van der Waals surface area contributed by atoms with Crippen molar-refractivity contribution in [2.75, 3.05) is 12.4 Å². The fraction of sp³-hybridized carbons (Fsp3) is 0.167. The highest BCUT2D eigenvalue weighted by molar-refractivity contribution is 6.33. The second kappa shape index (κ2) is 4.90. The van der Waals surface area contributed by atoms with Crippen LogP contribution in [0.15, 0.2) is 24.3 Å². The summed E-state index contributed by atoms with van der Waals surface area (Å²) in [5.41, 5.74) is 2.60. The number of rotatable bonds is 2. The lowest BCUT2D eigenvalue weighted by Gasteiger charge is -2.07. The van der Waals surface area contributed by atoms with Crippen LogP contribution in [-0.4, -0.2) is 17.0 Å². The summed E-state index contributed by atoms with van der Waals surface area (Å²) < 4.78 is 0. The van der Waals surface area contributed by atoms with Gasteiger partial charge in [-0.25, -0.2) is 9.97 Å². The number of aromatic nitrogens is 2. The van der Waals surface area contributed by atoms with Crippen molar-refractivity contribution in [3.8, 4) is 11.3 Å². The monoisotopic (exact) mass is 267 g/mol. The Balaban J connectivity index is 2.52. The van der Waals surface area contributed by atoms with Crippen LogP contribution in [0, 0.1) is 6.92 Å². The third kappa shape index (κ3) is 2.68. The van der Waals surface area contributed by atoms with Crippen LogP contribution < -0.4 is 5.32 Å². The van der Waals surface area contributed by atoms with Crippen LogP contribution in [0.2, 0.25) is 10.2 Å². The van der Waals surface area contributed by atoms with Crippen LogP contribution >= 0.6 is 23.2 Å². The second-order valence-corrected chi connectivity index (χ2v) is 4.36. The number of aryl methyl sites for hydroxylation is 1. The standard InChI is InChI=1S/C12H11Cl2N3/c1-7-16-10(6-12(14)17-7)8-3-4-9(13)11(5-8)15-2/h3-6,15H,1-2H3. The molecule has 0 bridgehead atoms. The zero-order chi connectivity index (χ0) is 12.4. The third-order valence-corrected chi connectivity index (χ3v) is 2.86. The molecule has 0 saturated carbocycles. The molecule has 1 aromatic heterocycles. The number of anilines is 1. The summed E-state index contributed by atoms with van der Waals surface area (Å²) in [5, 5.41) is 4.14. The number of nitrogens with zero attached hydrogens (tertiary/aromatic N) is 2. The summed E-state index contributed by atoms with van der Waals surface area (Å²) in [7, 11) is 1.82. The van der Waals surface area contributed by atoms with Gasteiger partial charge in [0.1, 0.15) is 11.0 Å². The summed E-state index contributed by atoms with van der Waals surface area (Å²) in [6.07, 6.45) is 0. The maximum absolute atomic E-state index is 6.03. The Morgan fingerprint density at radius 2 is 1.88 bits per heavy atom. The molecule has 0 atom stereocenters. The minimum atomic E-state index is 0.438. The summed E-state index contributed by atoms with van der Waals surface area (Å²) in [5.74, 6) is 0.647. The summed E-state index contributed by atoms with van der Waals surface area (Å²) in [6, 6.07) is 7.40. The Morgan fingerprint density at radius 1 is 1.12 bits per heavy atom. The average molecular weight is 268 g/mol. The first-order valence-corrected chi connectivity index (χ1v) is 5.84. The third-order valence-electron chi connectivity index (χ3n) is 2.34. The Kier molecular flexibility index (Phi) is 3.50. The number of hydrogen-bond acceptors (Lipinski definition) is 3. The molecule has 0 radical (unpaired) electrons. The van der Waals surface area contributed by atoms with Gasteiger partial charge in [0, 0.05) is 18.7 Å². The van der Waals surface area contributed by atoms with Crippen molar-refractivity contribution in [1.82, 2.24) is 9.97 Å². The van der Waals surface area contributed by atoms with Gasteiger partial charge in [0.25, 0.3) is 0 Å². The fourth-order valence-corrected chi connectivity index (χ4v) is 1.99. The van der Waals surface area contributed by atoms with Crippen molar-refractivity contribution < 1.29 is 0 Å². The van der Waals surface area contributed by atoms with E-state index in [0.717, 1.165) is 16.9 Å². The Hall–Kier alpha value is -1.32. The molecule has 0 saturated heterocycles. The highest BCUT2D eigenvalue weighted by atomic mass is 35.5. The molecule has 0 amide bonds. The Morgan fingerprint density at radius 3 is 2.53 bits per heavy atom. The van der Waals surface area contributed by atoms with Gasteiger partial charge in [-0.2, -0.15) is 0 Å². The van der Waals surface area contributed by atoms with E-state index in [0.29, 0.717) is 16.0 Å². The van der Waals surface area contributed by atoms with E-state index in [1.54, 1.807) is 6.07 Å². The zero-order valence-corrected chi connectivity index (χ0v) is 11.0. The molecule has 88 valence electrons. The van der Waals surface area contributed by atoms with Gasteiger partial charge in [-0.05, 0) is 19.1 Å². The summed E-state index contributed by atoms with van der Waals surface area (Å²) in [6.45, 7) is 1.81. The number of hydrogen-bond donors (Lipinski definition) is 1. The van der Waals surface area contributed by atoms with E-state index in [1.165, 1.54) is 0 Å². The van der Waals surface area contributed by atoms with Gasteiger partial charge in [0.05, 0.1) is 16.4 Å². The molecule has 5 heteroatoms. The molecule has 3 nitrogen and oxygen atoms in total. The quantitative estimate of drug-likeness (QED) is 0.842. The molecule has 0 aliphatic rings. The molecule has 0 unspecified atom stereocenters. The van der Waals surface area contributed by atoms with Crippen molar-refractivity contribution in [1.29, 1.82) is 0 Å². The lowest BCUT2D eigenvalue weighted by Crippen LogP contribution is -1.94. The molecule has 17 heavy (non-hydrogen) atoms. The number of halogens is 2. The van der Waals surface area contributed by atoms with Crippen LogP contribution in [0.5, 0.6) is 0 Å². The Labute approximate surface area is 110 Å². The topological polar surface area (TPSA) is 37.8 Å². The minimum Gasteiger partial charge on any atom is -0.387 e.